The van der Waals surface area contributed by atoms with Crippen LogP contribution < -0.4 is 4.74 Å². The molecular formula is C14H19NO6S. The third kappa shape index (κ3) is 3.08. The van der Waals surface area contributed by atoms with Crippen molar-refractivity contribution in [2.45, 2.75) is 24.3 Å². The van der Waals surface area contributed by atoms with Crippen LogP contribution in [0.2, 0.25) is 0 Å². The fourth-order valence-corrected chi connectivity index (χ4v) is 4.10. The molecule has 1 aromatic carbocycles. The molecule has 1 aliphatic heterocycles. The number of carbonyl (C=O) groups is 1. The van der Waals surface area contributed by atoms with Gasteiger partial charge in [-0.2, -0.15) is 4.31 Å². The first kappa shape index (κ1) is 16.7. The van der Waals surface area contributed by atoms with Gasteiger partial charge in [-0.3, -0.25) is 4.79 Å². The topological polar surface area (TPSA) is 104 Å². The molecular weight excluding hydrogens is 310 g/mol. The number of aliphatic hydroxyl groups is 1. The summed E-state index contributed by atoms with van der Waals surface area (Å²) in [6.07, 6.45) is -0.924. The van der Waals surface area contributed by atoms with Crippen LogP contribution in [0.4, 0.5) is 0 Å². The van der Waals surface area contributed by atoms with Gasteiger partial charge in [0.05, 0.1) is 24.0 Å². The lowest BCUT2D eigenvalue weighted by molar-refractivity contribution is -0.147. The Balaban J connectivity index is 2.30. The van der Waals surface area contributed by atoms with Gasteiger partial charge in [0.1, 0.15) is 5.75 Å². The van der Waals surface area contributed by atoms with Crippen molar-refractivity contribution in [1.82, 2.24) is 4.31 Å². The lowest BCUT2D eigenvalue weighted by Crippen LogP contribution is -2.48. The van der Waals surface area contributed by atoms with Gasteiger partial charge in [0.15, 0.2) is 0 Å². The lowest BCUT2D eigenvalue weighted by Gasteiger charge is -2.33. The minimum atomic E-state index is -3.80. The quantitative estimate of drug-likeness (QED) is 0.831. The summed E-state index contributed by atoms with van der Waals surface area (Å²) in [5.74, 6) is -1.72. The van der Waals surface area contributed by atoms with E-state index < -0.39 is 28.0 Å². The zero-order valence-electron chi connectivity index (χ0n) is 12.4. The van der Waals surface area contributed by atoms with E-state index in [0.717, 1.165) is 4.31 Å². The van der Waals surface area contributed by atoms with Crippen LogP contribution in [0.5, 0.6) is 5.75 Å². The van der Waals surface area contributed by atoms with Crippen molar-refractivity contribution >= 4 is 16.0 Å². The summed E-state index contributed by atoms with van der Waals surface area (Å²) >= 11 is 0. The van der Waals surface area contributed by atoms with Crippen molar-refractivity contribution in [3.8, 4) is 5.75 Å². The first-order chi connectivity index (χ1) is 10.3. The number of carboxylic acid groups (broad SMARTS) is 1. The molecule has 0 bridgehead atoms. The van der Waals surface area contributed by atoms with E-state index in [4.69, 9.17) is 9.84 Å². The fourth-order valence-electron chi connectivity index (χ4n) is 2.53. The van der Waals surface area contributed by atoms with Crippen molar-refractivity contribution in [3.05, 3.63) is 23.8 Å². The third-order valence-electron chi connectivity index (χ3n) is 3.86. The van der Waals surface area contributed by atoms with Crippen LogP contribution in [0.15, 0.2) is 23.1 Å². The maximum absolute atomic E-state index is 12.6. The number of aryl methyl sites for hydroxylation is 1. The van der Waals surface area contributed by atoms with Crippen LogP contribution in [0.1, 0.15) is 12.0 Å². The molecule has 0 radical (unpaired) electrons. The smallest absolute Gasteiger partial charge is 0.310 e. The van der Waals surface area contributed by atoms with E-state index in [1.807, 2.05) is 0 Å². The fraction of sp³-hybridized carbons (Fsp3) is 0.500. The molecule has 22 heavy (non-hydrogen) atoms. The second kappa shape index (κ2) is 6.23. The van der Waals surface area contributed by atoms with Gasteiger partial charge in [-0.1, -0.05) is 0 Å². The highest BCUT2D eigenvalue weighted by atomic mass is 32.2. The Hall–Kier alpha value is -1.64. The highest BCUT2D eigenvalue weighted by Crippen LogP contribution is 2.27. The maximum Gasteiger partial charge on any atom is 0.310 e. The number of rotatable bonds is 4. The van der Waals surface area contributed by atoms with Crippen LogP contribution in [-0.2, 0) is 14.8 Å². The number of methoxy groups -OCH3 is 1. The normalized spacial score (nSPS) is 23.2. The molecule has 1 aromatic rings. The average molecular weight is 329 g/mol. The van der Waals surface area contributed by atoms with Crippen LogP contribution >= 0.6 is 0 Å². The molecule has 0 unspecified atom stereocenters. The number of aliphatic carboxylic acids is 1. The maximum atomic E-state index is 12.6. The van der Waals surface area contributed by atoms with E-state index >= 15 is 0 Å². The predicted octanol–water partition coefficient (Wildman–Crippen LogP) is 0.460. The van der Waals surface area contributed by atoms with Gasteiger partial charge in [0.25, 0.3) is 0 Å². The van der Waals surface area contributed by atoms with Gasteiger partial charge < -0.3 is 14.9 Å². The zero-order chi connectivity index (χ0) is 16.5. The van der Waals surface area contributed by atoms with Gasteiger partial charge in [-0.15, -0.1) is 0 Å². The molecule has 1 aliphatic rings. The highest BCUT2D eigenvalue weighted by molar-refractivity contribution is 7.89. The van der Waals surface area contributed by atoms with Gasteiger partial charge in [-0.05, 0) is 37.1 Å². The first-order valence-corrected chi connectivity index (χ1v) is 8.27. The second-order valence-electron chi connectivity index (χ2n) is 5.30. The number of nitrogens with zero attached hydrogens (tertiary/aromatic N) is 1. The summed E-state index contributed by atoms with van der Waals surface area (Å²) in [7, 11) is -2.30. The van der Waals surface area contributed by atoms with E-state index in [2.05, 4.69) is 0 Å². The number of hydrogen-bond donors (Lipinski definition) is 2. The van der Waals surface area contributed by atoms with Gasteiger partial charge in [-0.25, -0.2) is 8.42 Å². The van der Waals surface area contributed by atoms with Crippen molar-refractivity contribution in [2.75, 3.05) is 20.2 Å². The molecule has 7 nitrogen and oxygen atoms in total. The Labute approximate surface area is 129 Å². The van der Waals surface area contributed by atoms with E-state index in [9.17, 15) is 18.3 Å². The molecule has 0 amide bonds. The van der Waals surface area contributed by atoms with Crippen molar-refractivity contribution in [1.29, 1.82) is 0 Å². The molecule has 1 saturated heterocycles. The SMILES string of the molecule is COc1ccc(S(=O)(=O)N2CC[C@H](O)[C@@H](C(=O)O)C2)cc1C. The number of ether oxygens (including phenoxy) is 1. The lowest BCUT2D eigenvalue weighted by atomic mass is 9.96. The standard InChI is InChI=1S/C14H19NO6S/c1-9-7-10(3-4-13(9)21-2)22(19,20)15-6-5-12(16)11(8-15)14(17)18/h3-4,7,11-12,16H,5-6,8H2,1-2H3,(H,17,18)/t11-,12-/m0/s1. The first-order valence-electron chi connectivity index (χ1n) is 6.83. The molecule has 0 saturated carbocycles. The van der Waals surface area contributed by atoms with E-state index in [-0.39, 0.29) is 24.4 Å². The summed E-state index contributed by atoms with van der Waals surface area (Å²) in [6, 6.07) is 4.49. The molecule has 1 heterocycles. The molecule has 8 heteroatoms. The Kier molecular flexibility index (Phi) is 4.74. The summed E-state index contributed by atoms with van der Waals surface area (Å²) in [4.78, 5) is 11.2. The Morgan fingerprint density at radius 3 is 2.64 bits per heavy atom. The molecule has 0 aromatic heterocycles. The van der Waals surface area contributed by atoms with Crippen molar-refractivity contribution in [2.24, 2.45) is 5.92 Å². The minimum absolute atomic E-state index is 0.0892. The number of sulfonamides is 1. The Bertz CT molecular complexity index is 672. The number of carboxylic acids is 1. The van der Waals surface area contributed by atoms with Crippen molar-refractivity contribution < 1.29 is 28.2 Å². The molecule has 2 rings (SSSR count). The van der Waals surface area contributed by atoms with E-state index in [1.165, 1.54) is 19.2 Å². The second-order valence-corrected chi connectivity index (χ2v) is 7.23. The molecule has 122 valence electrons. The Morgan fingerprint density at radius 1 is 1.41 bits per heavy atom. The van der Waals surface area contributed by atoms with Crippen LogP contribution in [0.3, 0.4) is 0 Å². The van der Waals surface area contributed by atoms with E-state index in [1.54, 1.807) is 13.0 Å². The van der Waals surface area contributed by atoms with Crippen LogP contribution in [-0.4, -0.2) is 55.2 Å². The average Bonchev–Trinajstić information content (AvgIpc) is 2.47. The van der Waals surface area contributed by atoms with Gasteiger partial charge >= 0.3 is 5.97 Å². The van der Waals surface area contributed by atoms with Gasteiger partial charge in [0.2, 0.25) is 10.0 Å². The predicted molar refractivity (Wildman–Crippen MR) is 78.2 cm³/mol. The summed E-state index contributed by atoms with van der Waals surface area (Å²) in [6.45, 7) is 1.60. The Morgan fingerprint density at radius 2 is 2.09 bits per heavy atom. The van der Waals surface area contributed by atoms with Crippen molar-refractivity contribution in [3.63, 3.8) is 0 Å². The number of hydrogen-bond acceptors (Lipinski definition) is 5. The van der Waals surface area contributed by atoms with Crippen LogP contribution in [0.25, 0.3) is 0 Å². The third-order valence-corrected chi connectivity index (χ3v) is 5.72. The summed E-state index contributed by atoms with van der Waals surface area (Å²) < 4.78 is 31.5. The van der Waals surface area contributed by atoms with E-state index in [0.29, 0.717) is 11.3 Å². The van der Waals surface area contributed by atoms with Crippen LogP contribution in [0, 0.1) is 12.8 Å². The molecule has 1 fully saturated rings. The number of piperidine rings is 1. The summed E-state index contributed by atoms with van der Waals surface area (Å²) in [5, 5.41) is 18.8. The minimum Gasteiger partial charge on any atom is -0.496 e. The zero-order valence-corrected chi connectivity index (χ0v) is 13.2. The summed E-state index contributed by atoms with van der Waals surface area (Å²) in [5.41, 5.74) is 0.676. The molecule has 2 atom stereocenters. The number of benzene rings is 1. The monoisotopic (exact) mass is 329 g/mol. The van der Waals surface area contributed by atoms with Gasteiger partial charge in [0, 0.05) is 13.1 Å². The molecule has 0 aliphatic carbocycles. The molecule has 2 N–H and O–H groups in total. The highest BCUT2D eigenvalue weighted by Gasteiger charge is 2.38. The number of aliphatic hydroxyl groups excluding tert-OH is 1. The largest absolute Gasteiger partial charge is 0.496 e. The molecule has 0 spiro atoms.